The molecule has 1 atom stereocenters. The van der Waals surface area contributed by atoms with Crippen LogP contribution < -0.4 is 4.74 Å². The molecule has 0 aliphatic heterocycles. The molecule has 1 aromatic rings. The molecule has 0 aliphatic rings. The van der Waals surface area contributed by atoms with Gasteiger partial charge in [0.05, 0.1) is 18.7 Å². The monoisotopic (exact) mass is 386 g/mol. The second kappa shape index (κ2) is 7.37. The highest BCUT2D eigenvalue weighted by molar-refractivity contribution is 6.30. The van der Waals surface area contributed by atoms with E-state index in [1.807, 2.05) is 0 Å². The average molecular weight is 387 g/mol. The normalized spacial score (nSPS) is 14.8. The zero-order valence-corrected chi connectivity index (χ0v) is 14.9. The van der Waals surface area contributed by atoms with E-state index >= 15 is 0 Å². The van der Waals surface area contributed by atoms with E-state index < -0.39 is 35.4 Å². The summed E-state index contributed by atoms with van der Waals surface area (Å²) < 4.78 is 63.5. The Labute approximate surface area is 147 Å². The zero-order chi connectivity index (χ0) is 19.6. The summed E-state index contributed by atoms with van der Waals surface area (Å²) in [5, 5.41) is 9.80. The molecule has 0 fully saturated rings. The fourth-order valence-electron chi connectivity index (χ4n) is 2.54. The maximum Gasteiger partial charge on any atom is 0.428 e. The van der Waals surface area contributed by atoms with Crippen molar-refractivity contribution in [3.63, 3.8) is 0 Å². The molecule has 9 heteroatoms. The average Bonchev–Trinajstić information content (AvgIpc) is 2.48. The van der Waals surface area contributed by atoms with Gasteiger partial charge in [-0.1, -0.05) is 31.5 Å². The van der Waals surface area contributed by atoms with Crippen molar-refractivity contribution in [1.29, 1.82) is 0 Å². The van der Waals surface area contributed by atoms with Gasteiger partial charge in [-0.3, -0.25) is 0 Å². The summed E-state index contributed by atoms with van der Waals surface area (Å²) >= 11 is 5.65. The van der Waals surface area contributed by atoms with Gasteiger partial charge in [-0.2, -0.15) is 13.2 Å². The predicted octanol–water partition coefficient (Wildman–Crippen LogP) is 4.01. The van der Waals surface area contributed by atoms with E-state index in [4.69, 9.17) is 16.3 Å². The van der Waals surface area contributed by atoms with Crippen molar-refractivity contribution >= 4 is 17.6 Å². The number of alkyl halides is 3. The van der Waals surface area contributed by atoms with Gasteiger partial charge in [-0.05, 0) is 18.4 Å². The summed E-state index contributed by atoms with van der Waals surface area (Å²) in [7, 11) is 1.13. The number of carbonyl (C=O) groups excluding carboxylic acids is 1. The number of benzene rings is 1. The Morgan fingerprint density at radius 3 is 2.28 bits per heavy atom. The van der Waals surface area contributed by atoms with Crippen molar-refractivity contribution in [2.75, 3.05) is 13.7 Å². The van der Waals surface area contributed by atoms with Gasteiger partial charge in [-0.15, -0.1) is 0 Å². The third kappa shape index (κ3) is 4.17. The lowest BCUT2D eigenvalue weighted by molar-refractivity contribution is -0.267. The number of hydrogen-bond donors (Lipinski definition) is 1. The van der Waals surface area contributed by atoms with Crippen LogP contribution in [0.4, 0.5) is 17.6 Å². The van der Waals surface area contributed by atoms with Crippen LogP contribution in [-0.4, -0.2) is 36.6 Å². The molecule has 1 aromatic carbocycles. The van der Waals surface area contributed by atoms with Crippen LogP contribution in [0, 0.1) is 5.82 Å². The van der Waals surface area contributed by atoms with Gasteiger partial charge >= 0.3 is 12.1 Å². The van der Waals surface area contributed by atoms with E-state index in [2.05, 4.69) is 4.74 Å². The number of esters is 1. The molecule has 0 aliphatic carbocycles. The number of carbonyl (C=O) groups is 1. The van der Waals surface area contributed by atoms with Crippen LogP contribution in [0.25, 0.3) is 0 Å². The minimum atomic E-state index is -5.28. The summed E-state index contributed by atoms with van der Waals surface area (Å²) in [4.78, 5) is 11.8. The highest BCUT2D eigenvalue weighted by Gasteiger charge is 2.62. The summed E-state index contributed by atoms with van der Waals surface area (Å²) in [6.45, 7) is 3.61. The number of halogens is 5. The van der Waals surface area contributed by atoms with E-state index in [1.165, 1.54) is 26.8 Å². The van der Waals surface area contributed by atoms with Gasteiger partial charge in [0.2, 0.25) is 0 Å². The second-order valence-electron chi connectivity index (χ2n) is 6.08. The lowest BCUT2D eigenvalue weighted by Crippen LogP contribution is -2.55. The van der Waals surface area contributed by atoms with Gasteiger partial charge in [0.25, 0.3) is 5.60 Å². The molecule has 0 aromatic heterocycles. The molecule has 0 spiro atoms. The summed E-state index contributed by atoms with van der Waals surface area (Å²) in [6.07, 6.45) is -6.38. The molecule has 0 heterocycles. The first kappa shape index (κ1) is 21.5. The maximum absolute atomic E-state index is 14.1. The molecule has 0 saturated heterocycles. The third-order valence-electron chi connectivity index (χ3n) is 3.76. The van der Waals surface area contributed by atoms with Gasteiger partial charge in [-0.25, -0.2) is 9.18 Å². The topological polar surface area (TPSA) is 55.8 Å². The molecule has 1 N–H and O–H groups in total. The molecular weight excluding hydrogens is 368 g/mol. The van der Waals surface area contributed by atoms with E-state index in [9.17, 15) is 27.5 Å². The highest BCUT2D eigenvalue weighted by Crippen LogP contribution is 2.45. The number of methoxy groups -OCH3 is 1. The smallest absolute Gasteiger partial charge is 0.428 e. The Hall–Kier alpha value is -1.54. The van der Waals surface area contributed by atoms with Crippen LogP contribution in [0.1, 0.15) is 32.8 Å². The second-order valence-corrected chi connectivity index (χ2v) is 6.49. The van der Waals surface area contributed by atoms with Crippen molar-refractivity contribution in [3.8, 4) is 5.75 Å². The van der Waals surface area contributed by atoms with Crippen LogP contribution in [0.2, 0.25) is 5.02 Å². The minimum Gasteiger partial charge on any atom is -0.493 e. The molecule has 0 amide bonds. The SMILES string of the molecule is CCOC(=O)C(O)(CC(C)(C)c1ccc(Cl)c(F)c1OC)C(F)(F)F. The van der Waals surface area contributed by atoms with Crippen LogP contribution in [0.15, 0.2) is 12.1 Å². The Morgan fingerprint density at radius 1 is 1.28 bits per heavy atom. The molecular formula is C16H19ClF4O4. The number of ether oxygens (including phenoxy) is 2. The third-order valence-corrected chi connectivity index (χ3v) is 4.05. The summed E-state index contributed by atoms with van der Waals surface area (Å²) in [5.74, 6) is -3.11. The number of rotatable bonds is 6. The standard InChI is InChI=1S/C16H19ClF4O4/c1-5-25-13(22)15(23,16(19,20)21)8-14(2,3)9-6-7-10(17)11(18)12(9)24-4/h6-7,23H,5,8H2,1-4H3. The first-order chi connectivity index (χ1) is 11.3. The quantitative estimate of drug-likeness (QED) is 0.593. The summed E-state index contributed by atoms with van der Waals surface area (Å²) in [6, 6.07) is 2.44. The Balaban J connectivity index is 3.43. The number of hydrogen-bond acceptors (Lipinski definition) is 4. The van der Waals surface area contributed by atoms with Gasteiger partial charge in [0, 0.05) is 12.0 Å². The Bertz CT molecular complexity index is 646. The Kier molecular flexibility index (Phi) is 6.34. The molecule has 4 nitrogen and oxygen atoms in total. The van der Waals surface area contributed by atoms with Crippen molar-refractivity contribution in [2.24, 2.45) is 0 Å². The van der Waals surface area contributed by atoms with E-state index in [-0.39, 0.29) is 22.9 Å². The van der Waals surface area contributed by atoms with Crippen molar-refractivity contribution < 1.29 is 36.9 Å². The van der Waals surface area contributed by atoms with E-state index in [0.29, 0.717) is 0 Å². The van der Waals surface area contributed by atoms with Crippen LogP contribution in [0.5, 0.6) is 5.75 Å². The lowest BCUT2D eigenvalue weighted by Gasteiger charge is -2.36. The van der Waals surface area contributed by atoms with E-state index in [0.717, 1.165) is 13.2 Å². The van der Waals surface area contributed by atoms with E-state index in [1.54, 1.807) is 0 Å². The fourth-order valence-corrected chi connectivity index (χ4v) is 2.69. The largest absolute Gasteiger partial charge is 0.493 e. The number of aliphatic hydroxyl groups is 1. The molecule has 0 radical (unpaired) electrons. The highest BCUT2D eigenvalue weighted by atomic mass is 35.5. The molecule has 1 unspecified atom stereocenters. The van der Waals surface area contributed by atoms with Crippen molar-refractivity contribution in [3.05, 3.63) is 28.5 Å². The maximum atomic E-state index is 14.1. The van der Waals surface area contributed by atoms with Gasteiger partial charge < -0.3 is 14.6 Å². The first-order valence-corrected chi connectivity index (χ1v) is 7.68. The van der Waals surface area contributed by atoms with Gasteiger partial charge in [0.1, 0.15) is 0 Å². The Morgan fingerprint density at radius 2 is 1.84 bits per heavy atom. The van der Waals surface area contributed by atoms with Crippen LogP contribution >= 0.6 is 11.6 Å². The van der Waals surface area contributed by atoms with Crippen molar-refractivity contribution in [2.45, 2.75) is 44.4 Å². The van der Waals surface area contributed by atoms with Gasteiger partial charge in [0.15, 0.2) is 11.6 Å². The first-order valence-electron chi connectivity index (χ1n) is 7.30. The van der Waals surface area contributed by atoms with Crippen LogP contribution in [-0.2, 0) is 14.9 Å². The minimum absolute atomic E-state index is 0.0175. The van der Waals surface area contributed by atoms with Crippen LogP contribution in [0.3, 0.4) is 0 Å². The molecule has 0 bridgehead atoms. The summed E-state index contributed by atoms with van der Waals surface area (Å²) in [5.41, 5.74) is -5.24. The molecule has 25 heavy (non-hydrogen) atoms. The molecule has 142 valence electrons. The molecule has 1 rings (SSSR count). The molecule has 0 saturated carbocycles. The van der Waals surface area contributed by atoms with Crippen molar-refractivity contribution in [1.82, 2.24) is 0 Å². The predicted molar refractivity (Wildman–Crippen MR) is 83.2 cm³/mol. The fraction of sp³-hybridized carbons (Fsp3) is 0.562. The lowest BCUT2D eigenvalue weighted by atomic mass is 9.74. The zero-order valence-electron chi connectivity index (χ0n) is 14.1.